The molecule has 4 heteroatoms. The Labute approximate surface area is 202 Å². The van der Waals surface area contributed by atoms with Gasteiger partial charge in [0.1, 0.15) is 0 Å². The fraction of sp³-hybridized carbons (Fsp3) is 0.345. The molecule has 0 N–H and O–H groups in total. The lowest BCUT2D eigenvalue weighted by molar-refractivity contribution is 0.0700. The summed E-state index contributed by atoms with van der Waals surface area (Å²) < 4.78 is 0. The fourth-order valence-corrected chi connectivity index (χ4v) is 5.30. The van der Waals surface area contributed by atoms with E-state index in [-0.39, 0.29) is 5.91 Å². The minimum absolute atomic E-state index is 0.146. The molecule has 0 bridgehead atoms. The summed E-state index contributed by atoms with van der Waals surface area (Å²) in [5.41, 5.74) is 3.52. The lowest BCUT2D eigenvalue weighted by Gasteiger charge is -2.38. The number of rotatable bonds is 9. The minimum Gasteiger partial charge on any atom is -0.372 e. The van der Waals surface area contributed by atoms with E-state index in [1.165, 1.54) is 11.3 Å². The largest absolute Gasteiger partial charge is 0.372 e. The predicted octanol–water partition coefficient (Wildman–Crippen LogP) is 6.61. The smallest absolute Gasteiger partial charge is 0.254 e. The van der Waals surface area contributed by atoms with Crippen molar-refractivity contribution in [3.63, 3.8) is 0 Å². The van der Waals surface area contributed by atoms with E-state index in [1.807, 2.05) is 40.9 Å². The second-order valence-corrected chi connectivity index (χ2v) is 9.72. The molecular formula is C29H34N2OS. The monoisotopic (exact) mass is 458 g/mol. The third kappa shape index (κ3) is 6.20. The first-order chi connectivity index (χ1) is 16.3. The first-order valence-electron chi connectivity index (χ1n) is 12.1. The summed E-state index contributed by atoms with van der Waals surface area (Å²) in [6, 6.07) is 24.9. The highest BCUT2D eigenvalue weighted by atomic mass is 32.2. The van der Waals surface area contributed by atoms with Crippen LogP contribution in [0.4, 0.5) is 0 Å². The standard InChI is InChI=1S/C29H34N2OS/c1-2-3-15-26-22-31(29(32)28-17-9-14-25-13-7-8-16-27(25)28)20-19-30(26)18-10-21-33-23-24-11-5-4-6-12-24/h4-9,11-17H,2-3,10,18-23H2,1H3/b26-15+. The van der Waals surface area contributed by atoms with E-state index in [4.69, 9.17) is 0 Å². The van der Waals surface area contributed by atoms with Gasteiger partial charge in [-0.05, 0) is 41.0 Å². The van der Waals surface area contributed by atoms with Gasteiger partial charge >= 0.3 is 0 Å². The van der Waals surface area contributed by atoms with Gasteiger partial charge in [0.2, 0.25) is 0 Å². The van der Waals surface area contributed by atoms with E-state index >= 15 is 0 Å². The quantitative estimate of drug-likeness (QED) is 0.337. The molecule has 3 aromatic carbocycles. The molecule has 0 atom stereocenters. The van der Waals surface area contributed by atoms with Crippen LogP contribution < -0.4 is 0 Å². The molecule has 1 saturated heterocycles. The first kappa shape index (κ1) is 23.4. The van der Waals surface area contributed by atoms with Crippen molar-refractivity contribution in [3.05, 3.63) is 95.7 Å². The summed E-state index contributed by atoms with van der Waals surface area (Å²) in [7, 11) is 0. The van der Waals surface area contributed by atoms with Crippen LogP contribution in [0.1, 0.15) is 42.1 Å². The highest BCUT2D eigenvalue weighted by Gasteiger charge is 2.25. The zero-order valence-electron chi connectivity index (χ0n) is 19.6. The van der Waals surface area contributed by atoms with Gasteiger partial charge in [-0.2, -0.15) is 11.8 Å². The molecule has 172 valence electrons. The molecule has 1 aliphatic rings. The van der Waals surface area contributed by atoms with Crippen LogP contribution in [0.5, 0.6) is 0 Å². The van der Waals surface area contributed by atoms with Crippen LogP contribution in [0.15, 0.2) is 84.6 Å². The molecule has 0 saturated carbocycles. The third-order valence-electron chi connectivity index (χ3n) is 6.20. The molecule has 1 fully saturated rings. The number of hydrogen-bond acceptors (Lipinski definition) is 3. The molecule has 0 spiro atoms. The zero-order chi connectivity index (χ0) is 22.9. The van der Waals surface area contributed by atoms with Crippen molar-refractivity contribution in [1.29, 1.82) is 0 Å². The molecule has 4 rings (SSSR count). The maximum atomic E-state index is 13.5. The van der Waals surface area contributed by atoms with Gasteiger partial charge in [0.25, 0.3) is 5.91 Å². The molecule has 1 aliphatic heterocycles. The van der Waals surface area contributed by atoms with Crippen molar-refractivity contribution >= 4 is 28.4 Å². The Morgan fingerprint density at radius 1 is 0.970 bits per heavy atom. The highest BCUT2D eigenvalue weighted by Crippen LogP contribution is 2.23. The molecule has 3 aromatic rings. The molecule has 0 aliphatic carbocycles. The third-order valence-corrected chi connectivity index (χ3v) is 7.32. The first-order valence-corrected chi connectivity index (χ1v) is 13.2. The Morgan fingerprint density at radius 3 is 2.61 bits per heavy atom. The van der Waals surface area contributed by atoms with Gasteiger partial charge in [-0.1, -0.05) is 86.2 Å². The number of nitrogens with zero attached hydrogens (tertiary/aromatic N) is 2. The molecule has 1 amide bonds. The number of unbranched alkanes of at least 4 members (excludes halogenated alkanes) is 1. The number of hydrogen-bond donors (Lipinski definition) is 0. The summed E-state index contributed by atoms with van der Waals surface area (Å²) in [5, 5.41) is 2.17. The molecule has 0 radical (unpaired) electrons. The average Bonchev–Trinajstić information content (AvgIpc) is 2.87. The number of fused-ring (bicyclic) bond motifs is 1. The van der Waals surface area contributed by atoms with E-state index in [0.717, 1.165) is 66.7 Å². The Hall–Kier alpha value is -2.72. The van der Waals surface area contributed by atoms with Gasteiger partial charge in [0, 0.05) is 36.6 Å². The second-order valence-electron chi connectivity index (χ2n) is 8.62. The number of amides is 1. The van der Waals surface area contributed by atoms with Gasteiger partial charge in [0.15, 0.2) is 0 Å². The number of carbonyl (C=O) groups excluding carboxylic acids is 1. The maximum Gasteiger partial charge on any atom is 0.254 e. The van der Waals surface area contributed by atoms with Crippen LogP contribution >= 0.6 is 11.8 Å². The van der Waals surface area contributed by atoms with Crippen molar-refractivity contribution in [2.45, 2.75) is 31.9 Å². The lowest BCUT2D eigenvalue weighted by atomic mass is 10.0. The summed E-state index contributed by atoms with van der Waals surface area (Å²) in [4.78, 5) is 18.0. The predicted molar refractivity (Wildman–Crippen MR) is 142 cm³/mol. The van der Waals surface area contributed by atoms with E-state index in [2.05, 4.69) is 66.4 Å². The summed E-state index contributed by atoms with van der Waals surface area (Å²) >= 11 is 2.01. The van der Waals surface area contributed by atoms with Gasteiger partial charge in [0.05, 0.1) is 6.54 Å². The molecule has 0 unspecified atom stereocenters. The molecular weight excluding hydrogens is 424 g/mol. The normalized spacial score (nSPS) is 15.4. The van der Waals surface area contributed by atoms with E-state index in [1.54, 1.807) is 0 Å². The molecule has 3 nitrogen and oxygen atoms in total. The SMILES string of the molecule is CCC/C=C1\CN(C(=O)c2cccc3ccccc23)CCN1CCCSCc1ccccc1. The average molecular weight is 459 g/mol. The Bertz CT molecular complexity index is 1070. The number of allylic oxidation sites excluding steroid dienone is 1. The van der Waals surface area contributed by atoms with Crippen LogP contribution in [0, 0.1) is 0 Å². The summed E-state index contributed by atoms with van der Waals surface area (Å²) in [5.74, 6) is 2.38. The van der Waals surface area contributed by atoms with E-state index in [9.17, 15) is 4.79 Å². The van der Waals surface area contributed by atoms with Crippen LogP contribution in [-0.2, 0) is 5.75 Å². The lowest BCUT2D eigenvalue weighted by Crippen LogP contribution is -2.47. The van der Waals surface area contributed by atoms with Crippen molar-refractivity contribution in [1.82, 2.24) is 9.80 Å². The van der Waals surface area contributed by atoms with Crippen molar-refractivity contribution in [2.75, 3.05) is 31.9 Å². The molecule has 0 aromatic heterocycles. The van der Waals surface area contributed by atoms with Crippen molar-refractivity contribution < 1.29 is 4.79 Å². The Balaban J connectivity index is 1.35. The van der Waals surface area contributed by atoms with Gasteiger partial charge in [-0.25, -0.2) is 0 Å². The van der Waals surface area contributed by atoms with Crippen LogP contribution in [-0.4, -0.2) is 47.6 Å². The van der Waals surface area contributed by atoms with Gasteiger partial charge in [-0.3, -0.25) is 4.79 Å². The number of thioether (sulfide) groups is 1. The van der Waals surface area contributed by atoms with E-state index < -0.39 is 0 Å². The van der Waals surface area contributed by atoms with E-state index in [0.29, 0.717) is 6.54 Å². The Kier molecular flexibility index (Phi) is 8.48. The van der Waals surface area contributed by atoms with Crippen LogP contribution in [0.2, 0.25) is 0 Å². The topological polar surface area (TPSA) is 23.6 Å². The van der Waals surface area contributed by atoms with Crippen LogP contribution in [0.3, 0.4) is 0 Å². The molecule has 1 heterocycles. The number of piperazine rings is 1. The van der Waals surface area contributed by atoms with Crippen molar-refractivity contribution in [3.8, 4) is 0 Å². The second kappa shape index (κ2) is 11.9. The molecule has 33 heavy (non-hydrogen) atoms. The zero-order valence-corrected chi connectivity index (χ0v) is 20.4. The summed E-state index contributed by atoms with van der Waals surface area (Å²) in [6.45, 7) is 5.68. The van der Waals surface area contributed by atoms with Gasteiger partial charge < -0.3 is 9.80 Å². The number of benzene rings is 3. The highest BCUT2D eigenvalue weighted by molar-refractivity contribution is 7.98. The number of carbonyl (C=O) groups is 1. The Morgan fingerprint density at radius 2 is 1.76 bits per heavy atom. The van der Waals surface area contributed by atoms with Crippen LogP contribution in [0.25, 0.3) is 10.8 Å². The van der Waals surface area contributed by atoms with Gasteiger partial charge in [-0.15, -0.1) is 0 Å². The maximum absolute atomic E-state index is 13.5. The van der Waals surface area contributed by atoms with Crippen molar-refractivity contribution in [2.24, 2.45) is 0 Å². The fourth-order valence-electron chi connectivity index (χ4n) is 4.40. The minimum atomic E-state index is 0.146. The summed E-state index contributed by atoms with van der Waals surface area (Å²) in [6.07, 6.45) is 5.70.